The van der Waals surface area contributed by atoms with Gasteiger partial charge in [0, 0.05) is 29.6 Å². The molecule has 6 heteroatoms. The number of esters is 1. The smallest absolute Gasteiger partial charge is 0.374 e. The normalized spacial score (nSPS) is 18.6. The molecule has 2 heterocycles. The molecular formula is C26H26N4O2. The molecule has 1 fully saturated rings. The molecule has 2 aromatic carbocycles. The molecular weight excluding hydrogens is 400 g/mol. The summed E-state index contributed by atoms with van der Waals surface area (Å²) >= 11 is 0. The van der Waals surface area contributed by atoms with Crippen molar-refractivity contribution in [1.82, 2.24) is 19.3 Å². The van der Waals surface area contributed by atoms with Gasteiger partial charge >= 0.3 is 5.97 Å². The van der Waals surface area contributed by atoms with E-state index in [1.165, 1.54) is 16.7 Å². The second kappa shape index (κ2) is 7.05. The number of imidazole rings is 1. The number of aromatic nitrogens is 4. The van der Waals surface area contributed by atoms with Crippen molar-refractivity contribution in [2.24, 2.45) is 7.05 Å². The maximum absolute atomic E-state index is 13.0. The van der Waals surface area contributed by atoms with E-state index in [1.54, 1.807) is 0 Å². The Hall–Kier alpha value is -3.41. The quantitative estimate of drug-likeness (QED) is 0.434. The van der Waals surface area contributed by atoms with E-state index in [-0.39, 0.29) is 5.97 Å². The van der Waals surface area contributed by atoms with E-state index >= 15 is 0 Å². The number of fused-ring (bicyclic) bond motifs is 1. The number of carbonyl (C=O) groups is 1. The van der Waals surface area contributed by atoms with Crippen LogP contribution in [0.1, 0.15) is 64.7 Å². The Balaban J connectivity index is 1.57. The van der Waals surface area contributed by atoms with Gasteiger partial charge in [-0.3, -0.25) is 4.68 Å². The zero-order valence-electron chi connectivity index (χ0n) is 18.6. The van der Waals surface area contributed by atoms with Gasteiger partial charge in [0.2, 0.25) is 5.82 Å². The van der Waals surface area contributed by atoms with Crippen molar-refractivity contribution in [2.75, 3.05) is 6.61 Å². The Kier molecular flexibility index (Phi) is 4.25. The van der Waals surface area contributed by atoms with E-state index in [9.17, 15) is 4.79 Å². The standard InChI is InChI=1S/C26H26N4O2/c1-4-32-26(31)25-27-23-20-11-15(2)9-10-18(20)16-12-17(13-16)24(23)30(25)14-21-19-7-5-6-8-22(19)29(3)28-21/h5-11,16-17H,4,12-14H2,1-3H3. The number of benzene rings is 2. The molecule has 0 amide bonds. The van der Waals surface area contributed by atoms with E-state index in [4.69, 9.17) is 14.8 Å². The Morgan fingerprint density at radius 3 is 2.78 bits per heavy atom. The fraction of sp³-hybridized carbons (Fsp3) is 0.346. The van der Waals surface area contributed by atoms with Crippen molar-refractivity contribution >= 4 is 16.9 Å². The molecule has 2 bridgehead atoms. The highest BCUT2D eigenvalue weighted by molar-refractivity contribution is 5.88. The third-order valence-corrected chi connectivity index (χ3v) is 7.04. The van der Waals surface area contributed by atoms with Gasteiger partial charge in [-0.2, -0.15) is 5.10 Å². The molecule has 3 aliphatic carbocycles. The van der Waals surface area contributed by atoms with Gasteiger partial charge < -0.3 is 9.30 Å². The van der Waals surface area contributed by atoms with Gasteiger partial charge in [-0.05, 0) is 50.3 Å². The summed E-state index contributed by atoms with van der Waals surface area (Å²) in [6.07, 6.45) is 2.19. The highest BCUT2D eigenvalue weighted by Crippen LogP contribution is 2.55. The van der Waals surface area contributed by atoms with Crippen LogP contribution in [0.2, 0.25) is 0 Å². The zero-order chi connectivity index (χ0) is 22.0. The molecule has 2 aromatic heterocycles. The number of nitrogens with zero attached hydrogens (tertiary/aromatic N) is 4. The van der Waals surface area contributed by atoms with Crippen LogP contribution >= 0.6 is 0 Å². The number of ether oxygens (including phenoxy) is 1. The lowest BCUT2D eigenvalue weighted by Gasteiger charge is -2.34. The summed E-state index contributed by atoms with van der Waals surface area (Å²) < 4.78 is 9.41. The largest absolute Gasteiger partial charge is 0.460 e. The number of hydrogen-bond donors (Lipinski definition) is 0. The molecule has 0 radical (unpaired) electrons. The Morgan fingerprint density at radius 1 is 1.16 bits per heavy atom. The van der Waals surface area contributed by atoms with Gasteiger partial charge in [0.25, 0.3) is 0 Å². The summed E-state index contributed by atoms with van der Waals surface area (Å²) in [6.45, 7) is 4.76. The lowest BCUT2D eigenvalue weighted by molar-refractivity contribution is 0.0506. The first kappa shape index (κ1) is 19.3. The Bertz CT molecular complexity index is 1370. The van der Waals surface area contributed by atoms with E-state index in [1.807, 2.05) is 30.8 Å². The minimum Gasteiger partial charge on any atom is -0.460 e. The average Bonchev–Trinajstić information content (AvgIpc) is 3.19. The molecule has 4 aromatic rings. The fourth-order valence-corrected chi connectivity index (χ4v) is 5.47. The minimum absolute atomic E-state index is 0.323. The maximum atomic E-state index is 13.0. The Labute approximate surface area is 186 Å². The first-order chi connectivity index (χ1) is 15.5. The summed E-state index contributed by atoms with van der Waals surface area (Å²) in [5, 5.41) is 5.90. The molecule has 0 atom stereocenters. The zero-order valence-corrected chi connectivity index (χ0v) is 18.6. The highest BCUT2D eigenvalue weighted by atomic mass is 16.5. The van der Waals surface area contributed by atoms with Crippen LogP contribution in [-0.2, 0) is 18.3 Å². The average molecular weight is 427 g/mol. The fourth-order valence-electron chi connectivity index (χ4n) is 5.47. The summed E-state index contributed by atoms with van der Waals surface area (Å²) in [5.41, 5.74) is 7.85. The Morgan fingerprint density at radius 2 is 1.97 bits per heavy atom. The first-order valence-corrected chi connectivity index (χ1v) is 11.3. The van der Waals surface area contributed by atoms with Crippen LogP contribution in [-0.4, -0.2) is 31.9 Å². The molecule has 7 rings (SSSR count). The highest BCUT2D eigenvalue weighted by Gasteiger charge is 2.42. The van der Waals surface area contributed by atoms with Crippen LogP contribution < -0.4 is 0 Å². The van der Waals surface area contributed by atoms with Crippen molar-refractivity contribution in [3.63, 3.8) is 0 Å². The minimum atomic E-state index is -0.370. The predicted molar refractivity (Wildman–Crippen MR) is 123 cm³/mol. The molecule has 6 nitrogen and oxygen atoms in total. The van der Waals surface area contributed by atoms with E-state index in [0.717, 1.165) is 40.8 Å². The van der Waals surface area contributed by atoms with Gasteiger partial charge in [0.15, 0.2) is 0 Å². The number of rotatable bonds is 4. The van der Waals surface area contributed by atoms with Gasteiger partial charge in [-0.15, -0.1) is 0 Å². The molecule has 0 spiro atoms. The van der Waals surface area contributed by atoms with Crippen LogP contribution in [0.3, 0.4) is 0 Å². The number of hydrogen-bond acceptors (Lipinski definition) is 4. The van der Waals surface area contributed by atoms with Crippen LogP contribution in [0, 0.1) is 6.92 Å². The van der Waals surface area contributed by atoms with Crippen molar-refractivity contribution in [1.29, 1.82) is 0 Å². The van der Waals surface area contributed by atoms with Crippen LogP contribution in [0.5, 0.6) is 0 Å². The molecule has 162 valence electrons. The van der Waals surface area contributed by atoms with E-state index < -0.39 is 0 Å². The van der Waals surface area contributed by atoms with E-state index in [0.29, 0.717) is 30.8 Å². The number of carbonyl (C=O) groups excluding carboxylic acids is 1. The predicted octanol–water partition coefficient (Wildman–Crippen LogP) is 4.94. The summed E-state index contributed by atoms with van der Waals surface area (Å²) in [6, 6.07) is 14.9. The van der Waals surface area contributed by atoms with Crippen molar-refractivity contribution in [2.45, 2.75) is 45.1 Å². The van der Waals surface area contributed by atoms with Crippen molar-refractivity contribution < 1.29 is 9.53 Å². The molecule has 0 N–H and O–H groups in total. The molecule has 0 aliphatic heterocycles. The van der Waals surface area contributed by atoms with E-state index in [2.05, 4.69) is 41.8 Å². The second-order valence-electron chi connectivity index (χ2n) is 9.02. The molecule has 1 saturated carbocycles. The number of para-hydroxylation sites is 1. The second-order valence-corrected chi connectivity index (χ2v) is 9.02. The molecule has 0 unspecified atom stereocenters. The van der Waals surface area contributed by atoms with Gasteiger partial charge in [0.1, 0.15) is 0 Å². The first-order valence-electron chi connectivity index (χ1n) is 11.3. The topological polar surface area (TPSA) is 61.9 Å². The summed E-state index contributed by atoms with van der Waals surface area (Å²) in [7, 11) is 1.96. The third-order valence-electron chi connectivity index (χ3n) is 7.04. The van der Waals surface area contributed by atoms with Crippen LogP contribution in [0.25, 0.3) is 22.2 Å². The lowest BCUT2D eigenvalue weighted by Crippen LogP contribution is -2.23. The SMILES string of the molecule is CCOC(=O)c1nc2c(n1Cc1nn(C)c3ccccc13)C1CC(C1)c1ccc(C)cc1-2. The van der Waals surface area contributed by atoms with Gasteiger partial charge in [-0.25, -0.2) is 9.78 Å². The van der Waals surface area contributed by atoms with Crippen LogP contribution in [0.4, 0.5) is 0 Å². The molecule has 0 saturated heterocycles. The maximum Gasteiger partial charge on any atom is 0.374 e. The summed E-state index contributed by atoms with van der Waals surface area (Å²) in [4.78, 5) is 17.9. The third kappa shape index (κ3) is 2.75. The van der Waals surface area contributed by atoms with Crippen LogP contribution in [0.15, 0.2) is 42.5 Å². The summed E-state index contributed by atoms with van der Waals surface area (Å²) in [5.74, 6) is 0.976. The molecule has 3 aliphatic rings. The van der Waals surface area contributed by atoms with Gasteiger partial charge in [-0.1, -0.05) is 35.9 Å². The molecule has 32 heavy (non-hydrogen) atoms. The van der Waals surface area contributed by atoms with Crippen molar-refractivity contribution in [3.8, 4) is 11.3 Å². The van der Waals surface area contributed by atoms with Gasteiger partial charge in [0.05, 0.1) is 30.1 Å². The monoisotopic (exact) mass is 426 g/mol. The van der Waals surface area contributed by atoms with Crippen molar-refractivity contribution in [3.05, 3.63) is 70.8 Å². The number of aryl methyl sites for hydroxylation is 2. The lowest BCUT2D eigenvalue weighted by atomic mass is 9.71.